The third kappa shape index (κ3) is 4.59. The lowest BCUT2D eigenvalue weighted by Crippen LogP contribution is -2.55. The number of nitrogens with zero attached hydrogens (tertiary/aromatic N) is 3. The zero-order chi connectivity index (χ0) is 18.5. The fourth-order valence-corrected chi connectivity index (χ4v) is 3.62. The molecule has 1 aromatic carbocycles. The maximum absolute atomic E-state index is 13.9. The Hall–Kier alpha value is -1.99. The molecular formula is C19H27FN4O2. The fraction of sp³-hybridized carbons (Fsp3) is 0.579. The minimum atomic E-state index is -0.381. The van der Waals surface area contributed by atoms with Crippen molar-refractivity contribution in [1.82, 2.24) is 20.0 Å². The number of nitrogens with one attached hydrogen (secondary N) is 1. The predicted octanol–water partition coefficient (Wildman–Crippen LogP) is 0.680. The maximum atomic E-state index is 13.9. The molecule has 0 bridgehead atoms. The van der Waals surface area contributed by atoms with Crippen LogP contribution in [0.15, 0.2) is 24.3 Å². The van der Waals surface area contributed by atoms with E-state index in [-0.39, 0.29) is 30.1 Å². The predicted molar refractivity (Wildman–Crippen MR) is 96.9 cm³/mol. The zero-order valence-corrected chi connectivity index (χ0v) is 15.3. The van der Waals surface area contributed by atoms with Crippen molar-refractivity contribution in [1.29, 1.82) is 0 Å². The Morgan fingerprint density at radius 2 is 2.00 bits per heavy atom. The molecule has 6 nitrogen and oxygen atoms in total. The molecule has 2 saturated heterocycles. The van der Waals surface area contributed by atoms with Crippen molar-refractivity contribution in [2.75, 3.05) is 46.3 Å². The van der Waals surface area contributed by atoms with Crippen LogP contribution in [-0.2, 0) is 16.1 Å². The highest BCUT2D eigenvalue weighted by Crippen LogP contribution is 2.14. The normalized spacial score (nSPS) is 22.8. The number of hydrogen-bond acceptors (Lipinski definition) is 4. The summed E-state index contributed by atoms with van der Waals surface area (Å²) in [6.07, 6.45) is 1.07. The lowest BCUT2D eigenvalue weighted by molar-refractivity contribution is -0.138. The topological polar surface area (TPSA) is 55.9 Å². The summed E-state index contributed by atoms with van der Waals surface area (Å²) in [7, 11) is 1.88. The Kier molecular flexibility index (Phi) is 6.21. The van der Waals surface area contributed by atoms with Crippen molar-refractivity contribution >= 4 is 11.8 Å². The van der Waals surface area contributed by atoms with Crippen LogP contribution in [0.5, 0.6) is 0 Å². The summed E-state index contributed by atoms with van der Waals surface area (Å²) in [6.45, 7) is 4.81. The Balaban J connectivity index is 1.54. The van der Waals surface area contributed by atoms with E-state index in [0.717, 1.165) is 19.5 Å². The highest BCUT2D eigenvalue weighted by Gasteiger charge is 2.31. The Bertz CT molecular complexity index is 654. The lowest BCUT2D eigenvalue weighted by Gasteiger charge is -2.32. The van der Waals surface area contributed by atoms with Gasteiger partial charge in [0.2, 0.25) is 11.8 Å². The molecule has 0 spiro atoms. The average molecular weight is 362 g/mol. The maximum Gasteiger partial charge on any atom is 0.237 e. The Morgan fingerprint density at radius 1 is 1.19 bits per heavy atom. The summed E-state index contributed by atoms with van der Waals surface area (Å²) in [5.74, 6) is -0.231. The van der Waals surface area contributed by atoms with Crippen LogP contribution in [0.1, 0.15) is 18.4 Å². The Morgan fingerprint density at radius 3 is 2.77 bits per heavy atom. The minimum absolute atomic E-state index is 0.0200. The van der Waals surface area contributed by atoms with E-state index >= 15 is 0 Å². The van der Waals surface area contributed by atoms with Gasteiger partial charge in [-0.3, -0.25) is 19.4 Å². The number of amides is 2. The lowest BCUT2D eigenvalue weighted by atomic mass is 10.1. The highest BCUT2D eigenvalue weighted by molar-refractivity contribution is 5.88. The van der Waals surface area contributed by atoms with Crippen LogP contribution in [0.2, 0.25) is 0 Å². The van der Waals surface area contributed by atoms with Crippen molar-refractivity contribution in [3.05, 3.63) is 35.6 Å². The number of carbonyl (C=O) groups is 2. The molecule has 2 heterocycles. The Labute approximate surface area is 153 Å². The van der Waals surface area contributed by atoms with Gasteiger partial charge in [0.1, 0.15) is 5.82 Å². The number of piperazine rings is 1. The SMILES string of the molecule is CN1CCNC(=O)[C@@H]1CC(=O)N1CCCN(Cc2ccccc2F)CC1. The summed E-state index contributed by atoms with van der Waals surface area (Å²) in [6, 6.07) is 6.45. The van der Waals surface area contributed by atoms with Gasteiger partial charge < -0.3 is 10.2 Å². The zero-order valence-electron chi connectivity index (χ0n) is 15.3. The molecule has 2 fully saturated rings. The summed E-state index contributed by atoms with van der Waals surface area (Å²) in [4.78, 5) is 30.7. The van der Waals surface area contributed by atoms with Crippen LogP contribution < -0.4 is 5.32 Å². The molecule has 2 amide bonds. The molecule has 26 heavy (non-hydrogen) atoms. The molecule has 0 saturated carbocycles. The summed E-state index contributed by atoms with van der Waals surface area (Å²) < 4.78 is 13.9. The van der Waals surface area contributed by atoms with Crippen LogP contribution >= 0.6 is 0 Å². The van der Waals surface area contributed by atoms with E-state index in [1.54, 1.807) is 12.1 Å². The fourth-order valence-electron chi connectivity index (χ4n) is 3.62. The van der Waals surface area contributed by atoms with E-state index in [2.05, 4.69) is 10.2 Å². The molecular weight excluding hydrogens is 335 g/mol. The number of halogens is 1. The van der Waals surface area contributed by atoms with Crippen LogP contribution in [0.25, 0.3) is 0 Å². The van der Waals surface area contributed by atoms with Gasteiger partial charge >= 0.3 is 0 Å². The second-order valence-corrected chi connectivity index (χ2v) is 7.09. The highest BCUT2D eigenvalue weighted by atomic mass is 19.1. The summed E-state index contributed by atoms with van der Waals surface area (Å²) in [5, 5.41) is 2.83. The summed E-state index contributed by atoms with van der Waals surface area (Å²) >= 11 is 0. The van der Waals surface area contributed by atoms with Crippen molar-refractivity contribution in [2.24, 2.45) is 0 Å². The first-order valence-corrected chi connectivity index (χ1v) is 9.26. The average Bonchev–Trinajstić information content (AvgIpc) is 2.86. The third-order valence-corrected chi connectivity index (χ3v) is 5.26. The molecule has 0 aliphatic carbocycles. The van der Waals surface area contributed by atoms with E-state index in [4.69, 9.17) is 0 Å². The van der Waals surface area contributed by atoms with Gasteiger partial charge in [0.05, 0.1) is 12.5 Å². The van der Waals surface area contributed by atoms with Crippen molar-refractivity contribution in [2.45, 2.75) is 25.4 Å². The molecule has 0 radical (unpaired) electrons. The van der Waals surface area contributed by atoms with E-state index < -0.39 is 0 Å². The number of benzene rings is 1. The first-order chi connectivity index (χ1) is 12.5. The molecule has 142 valence electrons. The second kappa shape index (κ2) is 8.60. The molecule has 2 aliphatic heterocycles. The monoisotopic (exact) mass is 362 g/mol. The van der Waals surface area contributed by atoms with E-state index in [9.17, 15) is 14.0 Å². The van der Waals surface area contributed by atoms with Crippen LogP contribution in [0.4, 0.5) is 4.39 Å². The van der Waals surface area contributed by atoms with Gasteiger partial charge in [-0.05, 0) is 19.5 Å². The third-order valence-electron chi connectivity index (χ3n) is 5.26. The van der Waals surface area contributed by atoms with Crippen LogP contribution in [-0.4, -0.2) is 78.9 Å². The molecule has 0 aromatic heterocycles. The standard InChI is InChI=1S/C19H27FN4O2/c1-22-10-7-21-19(26)17(22)13-18(25)24-9-4-8-23(11-12-24)14-15-5-2-3-6-16(15)20/h2-3,5-6,17H,4,7-14H2,1H3,(H,21,26)/t17-/m0/s1. The first kappa shape index (κ1) is 18.8. The number of rotatable bonds is 4. The van der Waals surface area contributed by atoms with E-state index in [1.807, 2.05) is 22.9 Å². The largest absolute Gasteiger partial charge is 0.353 e. The van der Waals surface area contributed by atoms with Crippen molar-refractivity contribution in [3.8, 4) is 0 Å². The van der Waals surface area contributed by atoms with Crippen LogP contribution in [0.3, 0.4) is 0 Å². The van der Waals surface area contributed by atoms with E-state index in [1.165, 1.54) is 6.07 Å². The number of carbonyl (C=O) groups excluding carboxylic acids is 2. The van der Waals surface area contributed by atoms with Gasteiger partial charge in [-0.25, -0.2) is 4.39 Å². The van der Waals surface area contributed by atoms with Crippen molar-refractivity contribution in [3.63, 3.8) is 0 Å². The quantitative estimate of drug-likeness (QED) is 0.856. The van der Waals surface area contributed by atoms with Gasteiger partial charge in [-0.15, -0.1) is 0 Å². The molecule has 1 atom stereocenters. The van der Waals surface area contributed by atoms with Crippen molar-refractivity contribution < 1.29 is 14.0 Å². The minimum Gasteiger partial charge on any atom is -0.353 e. The summed E-state index contributed by atoms with van der Waals surface area (Å²) in [5.41, 5.74) is 0.688. The van der Waals surface area contributed by atoms with E-state index in [0.29, 0.717) is 38.3 Å². The molecule has 1 aromatic rings. The van der Waals surface area contributed by atoms with Gasteiger partial charge in [-0.1, -0.05) is 18.2 Å². The molecule has 2 aliphatic rings. The molecule has 3 rings (SSSR count). The van der Waals surface area contributed by atoms with Gasteiger partial charge in [0.25, 0.3) is 0 Å². The van der Waals surface area contributed by atoms with Gasteiger partial charge in [0.15, 0.2) is 0 Å². The smallest absolute Gasteiger partial charge is 0.237 e. The first-order valence-electron chi connectivity index (χ1n) is 9.26. The number of hydrogen-bond donors (Lipinski definition) is 1. The molecule has 7 heteroatoms. The second-order valence-electron chi connectivity index (χ2n) is 7.09. The molecule has 1 N–H and O–H groups in total. The van der Waals surface area contributed by atoms with Crippen LogP contribution in [0, 0.1) is 5.82 Å². The number of likely N-dealkylation sites (N-methyl/N-ethyl adjacent to an activating group) is 1. The van der Waals surface area contributed by atoms with Gasteiger partial charge in [-0.2, -0.15) is 0 Å². The molecule has 0 unspecified atom stereocenters. The van der Waals surface area contributed by atoms with Gasteiger partial charge in [0, 0.05) is 51.4 Å².